The van der Waals surface area contributed by atoms with Crippen molar-refractivity contribution in [2.45, 2.75) is 69.1 Å². The Hall–Kier alpha value is -1.38. The van der Waals surface area contributed by atoms with Crippen LogP contribution >= 0.6 is 0 Å². The molecule has 0 aromatic heterocycles. The number of carbonyl (C=O) groups excluding carboxylic acids is 2. The second-order valence-electron chi connectivity index (χ2n) is 7.07. The molecule has 2 fully saturated rings. The summed E-state index contributed by atoms with van der Waals surface area (Å²) < 4.78 is 26.9. The first-order valence-corrected chi connectivity index (χ1v) is 9.13. The molecule has 0 aliphatic carbocycles. The number of carboxylic acids is 1. The molecule has 12 nitrogen and oxygen atoms in total. The molecule has 2 aliphatic rings. The van der Waals surface area contributed by atoms with Crippen molar-refractivity contribution >= 4 is 11.9 Å². The van der Waals surface area contributed by atoms with Gasteiger partial charge in [-0.2, -0.15) is 0 Å². The summed E-state index contributed by atoms with van der Waals surface area (Å²) in [6.07, 6.45) is -10.6. The zero-order chi connectivity index (χ0) is 21.9. The highest BCUT2D eigenvalue weighted by Gasteiger charge is 2.51. The number of rotatable bonds is 7. The van der Waals surface area contributed by atoms with E-state index in [1.54, 1.807) is 6.92 Å². The van der Waals surface area contributed by atoms with Crippen LogP contribution in [0, 0.1) is 5.92 Å². The zero-order valence-electron chi connectivity index (χ0n) is 16.6. The molecule has 0 aromatic carbocycles. The first kappa shape index (κ1) is 23.9. The predicted octanol–water partition coefficient (Wildman–Crippen LogP) is -3.91. The second kappa shape index (κ2) is 10.1. The van der Waals surface area contributed by atoms with Crippen LogP contribution in [0.2, 0.25) is 0 Å². The third-order valence-corrected chi connectivity index (χ3v) is 5.18. The minimum Gasteiger partial charge on any atom is -0.547 e. The van der Waals surface area contributed by atoms with E-state index >= 15 is 0 Å². The van der Waals surface area contributed by atoms with Crippen molar-refractivity contribution in [1.29, 1.82) is 0 Å². The number of nitrogens with one attached hydrogen (secondary N) is 1. The van der Waals surface area contributed by atoms with Gasteiger partial charge in [-0.25, -0.2) is 0 Å². The van der Waals surface area contributed by atoms with E-state index in [-0.39, 0.29) is 6.61 Å². The molecule has 0 saturated carbocycles. The van der Waals surface area contributed by atoms with Crippen molar-refractivity contribution < 1.29 is 53.7 Å². The fourth-order valence-electron chi connectivity index (χ4n) is 3.64. The van der Waals surface area contributed by atoms with E-state index in [0.29, 0.717) is 0 Å². The van der Waals surface area contributed by atoms with Crippen LogP contribution in [0.25, 0.3) is 0 Å². The van der Waals surface area contributed by atoms with E-state index in [0.717, 1.165) is 7.11 Å². The number of amides is 1. The van der Waals surface area contributed by atoms with Crippen molar-refractivity contribution in [2.75, 3.05) is 20.8 Å². The van der Waals surface area contributed by atoms with Crippen molar-refractivity contribution in [2.24, 2.45) is 5.92 Å². The molecule has 0 bridgehead atoms. The Morgan fingerprint density at radius 2 is 1.72 bits per heavy atom. The van der Waals surface area contributed by atoms with Crippen LogP contribution in [-0.2, 0) is 33.3 Å². The maximum atomic E-state index is 11.7. The largest absolute Gasteiger partial charge is 0.547 e. The van der Waals surface area contributed by atoms with E-state index in [4.69, 9.17) is 23.7 Å². The van der Waals surface area contributed by atoms with Crippen LogP contribution in [0.4, 0.5) is 0 Å². The van der Waals surface area contributed by atoms with Crippen LogP contribution in [0.15, 0.2) is 0 Å². The molecule has 0 aromatic rings. The number of carboxylic acid groups (broad SMARTS) is 1. The van der Waals surface area contributed by atoms with Gasteiger partial charge in [0, 0.05) is 27.1 Å². The highest BCUT2D eigenvalue weighted by atomic mass is 16.7. The third-order valence-electron chi connectivity index (χ3n) is 5.18. The van der Waals surface area contributed by atoms with Gasteiger partial charge in [-0.1, -0.05) is 6.92 Å². The summed E-state index contributed by atoms with van der Waals surface area (Å²) >= 11 is 0. The molecule has 10 atom stereocenters. The Morgan fingerprint density at radius 3 is 2.21 bits per heavy atom. The Morgan fingerprint density at radius 1 is 1.07 bits per heavy atom. The number of methoxy groups -OCH3 is 2. The standard InChI is InChI=1S/C17H29NO11/c1-6-8(5-19)27-16(26-4)9(18-7(2)20)12(6)28-17-11(22)10(21)13(25-3)14(29-17)15(23)24/h6,8-14,16-17,19,21-22H,5H2,1-4H3,(H,18,20)(H,23,24)/p-1/t6-,8?,9?,10+,11?,12-,13-,14?,16+,17+/m0/s1. The van der Waals surface area contributed by atoms with E-state index in [1.807, 2.05) is 0 Å². The van der Waals surface area contributed by atoms with Crippen LogP contribution in [-0.4, -0.2) is 103 Å². The Bertz CT molecular complexity index is 576. The molecule has 168 valence electrons. The Kier molecular flexibility index (Phi) is 8.31. The zero-order valence-corrected chi connectivity index (χ0v) is 16.6. The predicted molar refractivity (Wildman–Crippen MR) is 90.9 cm³/mol. The van der Waals surface area contributed by atoms with E-state index in [9.17, 15) is 30.0 Å². The van der Waals surface area contributed by atoms with Crippen molar-refractivity contribution in [1.82, 2.24) is 5.32 Å². The summed E-state index contributed by atoms with van der Waals surface area (Å²) in [4.78, 5) is 23.0. The molecule has 2 heterocycles. The first-order chi connectivity index (χ1) is 13.7. The second-order valence-corrected chi connectivity index (χ2v) is 7.07. The molecule has 2 rings (SSSR count). The lowest BCUT2D eigenvalue weighted by Crippen LogP contribution is -2.67. The van der Waals surface area contributed by atoms with Crippen LogP contribution in [0.1, 0.15) is 13.8 Å². The van der Waals surface area contributed by atoms with Crippen molar-refractivity contribution in [3.63, 3.8) is 0 Å². The topological polar surface area (TPSA) is 176 Å². The van der Waals surface area contributed by atoms with Gasteiger partial charge in [0.05, 0.1) is 24.8 Å². The summed E-state index contributed by atoms with van der Waals surface area (Å²) in [5, 5.41) is 44.2. The quantitative estimate of drug-likeness (QED) is 0.315. The smallest absolute Gasteiger partial charge is 0.217 e. The third kappa shape index (κ3) is 5.03. The average Bonchev–Trinajstić information content (AvgIpc) is 2.67. The van der Waals surface area contributed by atoms with E-state index < -0.39 is 73.0 Å². The summed E-state index contributed by atoms with van der Waals surface area (Å²) in [6, 6.07) is -0.871. The van der Waals surface area contributed by atoms with Gasteiger partial charge in [-0.3, -0.25) is 4.79 Å². The number of hydrogen-bond donors (Lipinski definition) is 4. The molecule has 2 saturated heterocycles. The molecule has 0 radical (unpaired) electrons. The van der Waals surface area contributed by atoms with Crippen LogP contribution in [0.3, 0.4) is 0 Å². The van der Waals surface area contributed by atoms with Gasteiger partial charge < -0.3 is 54.2 Å². The fourth-order valence-corrected chi connectivity index (χ4v) is 3.64. The summed E-state index contributed by atoms with van der Waals surface area (Å²) in [7, 11) is 2.50. The van der Waals surface area contributed by atoms with Crippen molar-refractivity contribution in [3.8, 4) is 0 Å². The molecular weight excluding hydrogens is 394 g/mol. The van der Waals surface area contributed by atoms with E-state index in [2.05, 4.69) is 5.32 Å². The van der Waals surface area contributed by atoms with Gasteiger partial charge in [0.2, 0.25) is 5.91 Å². The Balaban J connectivity index is 2.30. The van der Waals surface area contributed by atoms with Crippen LogP contribution < -0.4 is 10.4 Å². The number of aliphatic hydroxyl groups is 3. The molecule has 2 aliphatic heterocycles. The molecule has 12 heteroatoms. The van der Waals surface area contributed by atoms with E-state index in [1.165, 1.54) is 14.0 Å². The number of ether oxygens (including phenoxy) is 5. The molecule has 4 N–H and O–H groups in total. The molecule has 0 spiro atoms. The summed E-state index contributed by atoms with van der Waals surface area (Å²) in [6.45, 7) is 2.57. The lowest BCUT2D eigenvalue weighted by molar-refractivity contribution is -0.363. The lowest BCUT2D eigenvalue weighted by atomic mass is 9.88. The number of aliphatic hydroxyl groups excluding tert-OH is 3. The number of aliphatic carboxylic acids is 1. The molecule has 4 unspecified atom stereocenters. The minimum atomic E-state index is -1.70. The normalized spacial score (nSPS) is 43.0. The van der Waals surface area contributed by atoms with Gasteiger partial charge in [0.1, 0.15) is 30.5 Å². The first-order valence-electron chi connectivity index (χ1n) is 9.13. The maximum Gasteiger partial charge on any atom is 0.217 e. The molecule has 1 amide bonds. The van der Waals surface area contributed by atoms with Gasteiger partial charge in [-0.15, -0.1) is 0 Å². The van der Waals surface area contributed by atoms with Gasteiger partial charge in [-0.05, 0) is 0 Å². The summed E-state index contributed by atoms with van der Waals surface area (Å²) in [5.41, 5.74) is 0. The van der Waals surface area contributed by atoms with Crippen LogP contribution in [0.5, 0.6) is 0 Å². The SMILES string of the molecule is CO[C@@H]1OC(CO)[C@H](C)[C@H](O[C@@H]2OC(C(=O)[O-])[C@@H](OC)[C@H](O)C2O)C1NC(C)=O. The maximum absolute atomic E-state index is 11.7. The van der Waals surface area contributed by atoms with Gasteiger partial charge >= 0.3 is 0 Å². The molecular formula is C17H28NO11-. The highest BCUT2D eigenvalue weighted by molar-refractivity contribution is 5.73. The van der Waals surface area contributed by atoms with Crippen molar-refractivity contribution in [3.05, 3.63) is 0 Å². The Labute approximate surface area is 167 Å². The molecule has 29 heavy (non-hydrogen) atoms. The monoisotopic (exact) mass is 422 g/mol. The fraction of sp³-hybridized carbons (Fsp3) is 0.882. The van der Waals surface area contributed by atoms with Gasteiger partial charge in [0.25, 0.3) is 0 Å². The average molecular weight is 422 g/mol. The number of carbonyl (C=O) groups is 2. The summed E-state index contributed by atoms with van der Waals surface area (Å²) in [5.74, 6) is -2.60. The lowest BCUT2D eigenvalue weighted by Gasteiger charge is -2.48. The minimum absolute atomic E-state index is 0.377. The highest BCUT2D eigenvalue weighted by Crippen LogP contribution is 2.32. The number of hydrogen-bond acceptors (Lipinski definition) is 11. The van der Waals surface area contributed by atoms with Gasteiger partial charge in [0.15, 0.2) is 12.6 Å².